The van der Waals surface area contributed by atoms with Crippen molar-refractivity contribution in [2.24, 2.45) is 0 Å². The Morgan fingerprint density at radius 2 is 1.94 bits per heavy atom. The van der Waals surface area contributed by atoms with Crippen molar-refractivity contribution < 1.29 is 9.21 Å². The summed E-state index contributed by atoms with van der Waals surface area (Å²) in [7, 11) is 0. The minimum Gasteiger partial charge on any atom is -0.466 e. The van der Waals surface area contributed by atoms with Crippen LogP contribution in [0.5, 0.6) is 0 Å². The Bertz CT molecular complexity index is 970. The first-order valence-electron chi connectivity index (χ1n) is 11.2. The van der Waals surface area contributed by atoms with Gasteiger partial charge in [-0.05, 0) is 50.4 Å². The molecule has 0 aliphatic carbocycles. The van der Waals surface area contributed by atoms with Crippen molar-refractivity contribution in [3.05, 3.63) is 71.8 Å². The molecule has 0 saturated carbocycles. The number of anilines is 1. The SMILES string of the molecule is Cc1ccc([C@H](C)CCN2CCC(n3nccc3NC(=O)Cc3ccccc3)CC2)o1. The zero-order valence-corrected chi connectivity index (χ0v) is 18.5. The molecule has 1 saturated heterocycles. The van der Waals surface area contributed by atoms with E-state index in [2.05, 4.69) is 28.3 Å². The van der Waals surface area contributed by atoms with Crippen molar-refractivity contribution >= 4 is 11.7 Å². The minimum atomic E-state index is -0.00691. The second-order valence-electron chi connectivity index (χ2n) is 8.58. The van der Waals surface area contributed by atoms with Crippen molar-refractivity contribution in [3.63, 3.8) is 0 Å². The largest absolute Gasteiger partial charge is 0.466 e. The predicted molar refractivity (Wildman–Crippen MR) is 122 cm³/mol. The van der Waals surface area contributed by atoms with E-state index in [4.69, 9.17) is 4.42 Å². The number of hydrogen-bond donors (Lipinski definition) is 1. The maximum Gasteiger partial charge on any atom is 0.229 e. The van der Waals surface area contributed by atoms with Gasteiger partial charge in [0.2, 0.25) is 5.91 Å². The summed E-state index contributed by atoms with van der Waals surface area (Å²) in [5, 5.41) is 7.56. The summed E-state index contributed by atoms with van der Waals surface area (Å²) in [6.07, 6.45) is 5.32. The molecule has 1 aliphatic heterocycles. The first kappa shape index (κ1) is 21.4. The summed E-state index contributed by atoms with van der Waals surface area (Å²) in [6.45, 7) is 7.40. The maximum absolute atomic E-state index is 12.5. The number of aromatic nitrogens is 2. The first-order chi connectivity index (χ1) is 15.1. The fourth-order valence-electron chi connectivity index (χ4n) is 4.30. The van der Waals surface area contributed by atoms with Crippen LogP contribution in [0.3, 0.4) is 0 Å². The molecule has 1 aromatic carbocycles. The number of nitrogens with zero attached hydrogens (tertiary/aromatic N) is 3. The van der Waals surface area contributed by atoms with Crippen molar-refractivity contribution in [1.82, 2.24) is 14.7 Å². The van der Waals surface area contributed by atoms with E-state index in [1.54, 1.807) is 6.20 Å². The Labute approximate surface area is 184 Å². The number of carbonyl (C=O) groups excluding carboxylic acids is 1. The van der Waals surface area contributed by atoms with E-state index >= 15 is 0 Å². The number of carbonyl (C=O) groups is 1. The summed E-state index contributed by atoms with van der Waals surface area (Å²) >= 11 is 0. The fraction of sp³-hybridized carbons (Fsp3) is 0.440. The molecular weight excluding hydrogens is 388 g/mol. The molecule has 31 heavy (non-hydrogen) atoms. The molecule has 1 atom stereocenters. The molecular formula is C25H32N4O2. The van der Waals surface area contributed by atoms with Gasteiger partial charge in [0, 0.05) is 25.1 Å². The highest BCUT2D eigenvalue weighted by molar-refractivity contribution is 5.91. The number of hydrogen-bond acceptors (Lipinski definition) is 4. The van der Waals surface area contributed by atoms with E-state index in [-0.39, 0.29) is 5.91 Å². The zero-order valence-electron chi connectivity index (χ0n) is 18.5. The van der Waals surface area contributed by atoms with Crippen LogP contribution in [-0.4, -0.2) is 40.2 Å². The zero-order chi connectivity index (χ0) is 21.6. The average Bonchev–Trinajstić information content (AvgIpc) is 3.42. The Balaban J connectivity index is 1.25. The summed E-state index contributed by atoms with van der Waals surface area (Å²) < 4.78 is 7.76. The normalized spacial score (nSPS) is 16.3. The topological polar surface area (TPSA) is 63.3 Å². The van der Waals surface area contributed by atoms with E-state index in [0.29, 0.717) is 18.4 Å². The third-order valence-electron chi connectivity index (χ3n) is 6.17. The van der Waals surface area contributed by atoms with Crippen molar-refractivity contribution in [3.8, 4) is 0 Å². The second-order valence-corrected chi connectivity index (χ2v) is 8.58. The van der Waals surface area contributed by atoms with Crippen LogP contribution in [-0.2, 0) is 11.2 Å². The first-order valence-corrected chi connectivity index (χ1v) is 11.2. The van der Waals surface area contributed by atoms with Crippen LogP contribution >= 0.6 is 0 Å². The van der Waals surface area contributed by atoms with Gasteiger partial charge in [-0.1, -0.05) is 37.3 Å². The lowest BCUT2D eigenvalue weighted by molar-refractivity contribution is -0.115. The van der Waals surface area contributed by atoms with Gasteiger partial charge in [0.15, 0.2) is 0 Å². The van der Waals surface area contributed by atoms with Gasteiger partial charge in [0.05, 0.1) is 18.7 Å². The van der Waals surface area contributed by atoms with Gasteiger partial charge < -0.3 is 14.6 Å². The van der Waals surface area contributed by atoms with Crippen LogP contribution in [0.15, 0.2) is 59.1 Å². The van der Waals surface area contributed by atoms with E-state index in [1.807, 2.05) is 54.1 Å². The van der Waals surface area contributed by atoms with Crippen LogP contribution in [0.1, 0.15) is 55.2 Å². The smallest absolute Gasteiger partial charge is 0.229 e. The number of rotatable bonds is 8. The molecule has 0 bridgehead atoms. The average molecular weight is 421 g/mol. The highest BCUT2D eigenvalue weighted by Crippen LogP contribution is 2.27. The molecule has 1 aliphatic rings. The van der Waals surface area contributed by atoms with Crippen LogP contribution in [0.25, 0.3) is 0 Å². The van der Waals surface area contributed by atoms with Gasteiger partial charge in [-0.3, -0.25) is 4.79 Å². The molecule has 6 heteroatoms. The molecule has 6 nitrogen and oxygen atoms in total. The lowest BCUT2D eigenvalue weighted by Gasteiger charge is -2.33. The molecule has 0 spiro atoms. The van der Waals surface area contributed by atoms with Crippen molar-refractivity contribution in [2.75, 3.05) is 25.0 Å². The highest BCUT2D eigenvalue weighted by Gasteiger charge is 2.23. The fourth-order valence-corrected chi connectivity index (χ4v) is 4.30. The minimum absolute atomic E-state index is 0.00691. The molecule has 1 amide bonds. The third kappa shape index (κ3) is 5.64. The highest BCUT2D eigenvalue weighted by atomic mass is 16.3. The number of furan rings is 1. The molecule has 2 aromatic heterocycles. The summed E-state index contributed by atoms with van der Waals surface area (Å²) in [5.74, 6) is 3.28. The molecule has 4 rings (SSSR count). The van der Waals surface area contributed by atoms with E-state index in [9.17, 15) is 4.79 Å². The van der Waals surface area contributed by atoms with Gasteiger partial charge in [-0.15, -0.1) is 0 Å². The van der Waals surface area contributed by atoms with Crippen molar-refractivity contribution in [1.29, 1.82) is 0 Å². The van der Waals surface area contributed by atoms with E-state index < -0.39 is 0 Å². The number of aryl methyl sites for hydroxylation is 1. The van der Waals surface area contributed by atoms with Gasteiger partial charge in [-0.2, -0.15) is 5.10 Å². The van der Waals surface area contributed by atoms with Gasteiger partial charge in [-0.25, -0.2) is 4.68 Å². The molecule has 0 radical (unpaired) electrons. The van der Waals surface area contributed by atoms with Gasteiger partial charge >= 0.3 is 0 Å². The third-order valence-corrected chi connectivity index (χ3v) is 6.17. The quantitative estimate of drug-likeness (QED) is 0.569. The molecule has 164 valence electrons. The monoisotopic (exact) mass is 420 g/mol. The van der Waals surface area contributed by atoms with Gasteiger partial charge in [0.25, 0.3) is 0 Å². The van der Waals surface area contributed by atoms with Crippen LogP contribution in [0.2, 0.25) is 0 Å². The standard InChI is InChI=1S/C25H32N4O2/c1-19(23-9-8-20(2)31-23)11-15-28-16-12-22(13-17-28)29-24(10-14-26-29)27-25(30)18-21-6-4-3-5-7-21/h3-10,14,19,22H,11-13,15-18H2,1-2H3,(H,27,30)/t19-/m1/s1. The lowest BCUT2D eigenvalue weighted by atomic mass is 10.0. The summed E-state index contributed by atoms with van der Waals surface area (Å²) in [4.78, 5) is 15.0. The Morgan fingerprint density at radius 3 is 2.65 bits per heavy atom. The number of piperidine rings is 1. The number of likely N-dealkylation sites (tertiary alicyclic amines) is 1. The van der Waals surface area contributed by atoms with Crippen LogP contribution < -0.4 is 5.32 Å². The van der Waals surface area contributed by atoms with Crippen LogP contribution in [0, 0.1) is 6.92 Å². The molecule has 0 unspecified atom stereocenters. The Kier molecular flexibility index (Phi) is 6.87. The summed E-state index contributed by atoms with van der Waals surface area (Å²) in [6, 6.07) is 16.2. The second kappa shape index (κ2) is 9.96. The van der Waals surface area contributed by atoms with E-state index in [0.717, 1.165) is 61.8 Å². The molecule has 3 heterocycles. The van der Waals surface area contributed by atoms with Gasteiger partial charge in [0.1, 0.15) is 17.3 Å². The Hall–Kier alpha value is -2.86. The summed E-state index contributed by atoms with van der Waals surface area (Å²) in [5.41, 5.74) is 1.01. The Morgan fingerprint density at radius 1 is 1.16 bits per heavy atom. The van der Waals surface area contributed by atoms with Crippen LogP contribution in [0.4, 0.5) is 5.82 Å². The predicted octanol–water partition coefficient (Wildman–Crippen LogP) is 4.80. The van der Waals surface area contributed by atoms with E-state index in [1.165, 1.54) is 0 Å². The lowest BCUT2D eigenvalue weighted by Crippen LogP contribution is -2.36. The number of amides is 1. The molecule has 3 aromatic rings. The molecule has 1 fully saturated rings. The molecule has 1 N–H and O–H groups in total. The maximum atomic E-state index is 12.5. The van der Waals surface area contributed by atoms with Crippen molar-refractivity contribution in [2.45, 2.75) is 51.5 Å². The number of benzene rings is 1. The number of nitrogens with one attached hydrogen (secondary N) is 1.